The summed E-state index contributed by atoms with van der Waals surface area (Å²) in [7, 11) is 0. The quantitative estimate of drug-likeness (QED) is 0.881. The number of alkyl halides is 2. The van der Waals surface area contributed by atoms with E-state index in [-0.39, 0.29) is 17.7 Å². The molecule has 2 aromatic heterocycles. The molecule has 0 aliphatic heterocycles. The first-order valence-electron chi connectivity index (χ1n) is 7.42. The van der Waals surface area contributed by atoms with E-state index in [2.05, 4.69) is 20.4 Å². The maximum Gasteiger partial charge on any atom is 0.280 e. The largest absolute Gasteiger partial charge is 0.352 e. The van der Waals surface area contributed by atoms with Crippen LogP contribution in [0.15, 0.2) is 12.3 Å². The van der Waals surface area contributed by atoms with Gasteiger partial charge >= 0.3 is 0 Å². The van der Waals surface area contributed by atoms with Gasteiger partial charge in [-0.3, -0.25) is 4.68 Å². The van der Waals surface area contributed by atoms with Gasteiger partial charge in [0.15, 0.2) is 0 Å². The van der Waals surface area contributed by atoms with E-state index in [0.29, 0.717) is 5.69 Å². The van der Waals surface area contributed by atoms with Crippen molar-refractivity contribution in [3.8, 4) is 11.3 Å². The van der Waals surface area contributed by atoms with Gasteiger partial charge in [-0.05, 0) is 33.3 Å². The highest BCUT2D eigenvalue weighted by atomic mass is 19.3. The number of anilines is 1. The molecule has 7 heteroatoms. The molecule has 1 N–H and O–H groups in total. The zero-order chi connectivity index (χ0) is 16.3. The van der Waals surface area contributed by atoms with E-state index in [9.17, 15) is 8.78 Å². The minimum absolute atomic E-state index is 0.111. The highest BCUT2D eigenvalue weighted by Gasteiger charge is 2.17. The Morgan fingerprint density at radius 3 is 2.55 bits per heavy atom. The Hall–Kier alpha value is -2.05. The SMILES string of the molecule is CC[C@@H](C)Nc1nc(-c2cnn(CC)c2C)cc(C(F)F)n1. The third-order valence-corrected chi connectivity index (χ3v) is 3.64. The molecule has 1 atom stereocenters. The number of hydrogen-bond donors (Lipinski definition) is 1. The predicted octanol–water partition coefficient (Wildman–Crippen LogP) is 3.82. The minimum Gasteiger partial charge on any atom is -0.352 e. The first-order chi connectivity index (χ1) is 10.5. The number of nitrogens with zero attached hydrogens (tertiary/aromatic N) is 4. The van der Waals surface area contributed by atoms with Gasteiger partial charge in [-0.25, -0.2) is 18.7 Å². The summed E-state index contributed by atoms with van der Waals surface area (Å²) in [5.41, 5.74) is 1.84. The van der Waals surface area contributed by atoms with Crippen molar-refractivity contribution in [3.05, 3.63) is 23.7 Å². The predicted molar refractivity (Wildman–Crippen MR) is 82.0 cm³/mol. The Labute approximate surface area is 128 Å². The summed E-state index contributed by atoms with van der Waals surface area (Å²) in [6, 6.07) is 1.44. The summed E-state index contributed by atoms with van der Waals surface area (Å²) in [5, 5.41) is 7.29. The maximum atomic E-state index is 13.1. The van der Waals surface area contributed by atoms with Crippen LogP contribution in [0.1, 0.15) is 45.0 Å². The fourth-order valence-corrected chi connectivity index (χ4v) is 2.12. The van der Waals surface area contributed by atoms with Gasteiger partial charge in [0.1, 0.15) is 5.69 Å². The van der Waals surface area contributed by atoms with Crippen molar-refractivity contribution in [2.24, 2.45) is 0 Å². The van der Waals surface area contributed by atoms with E-state index in [4.69, 9.17) is 0 Å². The maximum absolute atomic E-state index is 13.1. The molecule has 120 valence electrons. The normalized spacial score (nSPS) is 12.7. The summed E-state index contributed by atoms with van der Waals surface area (Å²) < 4.78 is 28.0. The van der Waals surface area contributed by atoms with Crippen LogP contribution < -0.4 is 5.32 Å². The summed E-state index contributed by atoms with van der Waals surface area (Å²) >= 11 is 0. The number of aryl methyl sites for hydroxylation is 1. The number of rotatable bonds is 6. The van der Waals surface area contributed by atoms with Crippen molar-refractivity contribution in [1.82, 2.24) is 19.7 Å². The lowest BCUT2D eigenvalue weighted by Gasteiger charge is -2.13. The number of aromatic nitrogens is 4. The van der Waals surface area contributed by atoms with Crippen LogP contribution in [0, 0.1) is 6.92 Å². The molecule has 0 spiro atoms. The van der Waals surface area contributed by atoms with Crippen molar-refractivity contribution in [2.75, 3.05) is 5.32 Å². The number of nitrogens with one attached hydrogen (secondary N) is 1. The molecule has 0 aliphatic rings. The smallest absolute Gasteiger partial charge is 0.280 e. The highest BCUT2D eigenvalue weighted by molar-refractivity contribution is 5.62. The molecule has 2 rings (SSSR count). The van der Waals surface area contributed by atoms with Gasteiger partial charge in [0.05, 0.1) is 11.9 Å². The van der Waals surface area contributed by atoms with Crippen LogP contribution in [0.25, 0.3) is 11.3 Å². The zero-order valence-electron chi connectivity index (χ0n) is 13.3. The highest BCUT2D eigenvalue weighted by Crippen LogP contribution is 2.26. The first kappa shape index (κ1) is 16.3. The molecule has 0 bridgehead atoms. The van der Waals surface area contributed by atoms with E-state index in [1.165, 1.54) is 6.07 Å². The van der Waals surface area contributed by atoms with Crippen molar-refractivity contribution in [2.45, 2.75) is 53.1 Å². The average Bonchev–Trinajstić information content (AvgIpc) is 2.87. The van der Waals surface area contributed by atoms with Crippen molar-refractivity contribution < 1.29 is 8.78 Å². The summed E-state index contributed by atoms with van der Waals surface area (Å²) in [6.07, 6.45) is -0.130. The van der Waals surface area contributed by atoms with Gasteiger partial charge in [0.2, 0.25) is 5.95 Å². The van der Waals surface area contributed by atoms with Crippen molar-refractivity contribution in [1.29, 1.82) is 0 Å². The van der Waals surface area contributed by atoms with Crippen molar-refractivity contribution in [3.63, 3.8) is 0 Å². The first-order valence-corrected chi connectivity index (χ1v) is 7.42. The molecule has 0 unspecified atom stereocenters. The lowest BCUT2D eigenvalue weighted by Crippen LogP contribution is -2.16. The van der Waals surface area contributed by atoms with Crippen molar-refractivity contribution >= 4 is 5.95 Å². The zero-order valence-corrected chi connectivity index (χ0v) is 13.3. The average molecular weight is 309 g/mol. The molecule has 0 fully saturated rings. The lowest BCUT2D eigenvalue weighted by molar-refractivity contribution is 0.146. The molecular formula is C15H21F2N5. The Kier molecular flexibility index (Phi) is 5.05. The van der Waals surface area contributed by atoms with E-state index in [1.807, 2.05) is 27.7 Å². The molecule has 0 saturated carbocycles. The van der Waals surface area contributed by atoms with E-state index >= 15 is 0 Å². The second-order valence-corrected chi connectivity index (χ2v) is 5.22. The third-order valence-electron chi connectivity index (χ3n) is 3.64. The lowest BCUT2D eigenvalue weighted by atomic mass is 10.1. The van der Waals surface area contributed by atoms with Gasteiger partial charge < -0.3 is 5.32 Å². The second kappa shape index (κ2) is 6.81. The fourth-order valence-electron chi connectivity index (χ4n) is 2.12. The molecule has 0 aromatic carbocycles. The Bertz CT molecular complexity index is 639. The van der Waals surface area contributed by atoms with Crippen LogP contribution in [0.2, 0.25) is 0 Å². The van der Waals surface area contributed by atoms with Gasteiger partial charge in [0, 0.05) is 23.8 Å². The van der Waals surface area contributed by atoms with Crippen LogP contribution in [-0.2, 0) is 6.54 Å². The van der Waals surface area contributed by atoms with Crippen LogP contribution in [0.3, 0.4) is 0 Å². The van der Waals surface area contributed by atoms with Crippen LogP contribution in [0.4, 0.5) is 14.7 Å². The molecule has 0 saturated heterocycles. The second-order valence-electron chi connectivity index (χ2n) is 5.22. The molecule has 2 aromatic rings. The monoisotopic (exact) mass is 309 g/mol. The molecule has 22 heavy (non-hydrogen) atoms. The van der Waals surface area contributed by atoms with Gasteiger partial charge in [-0.2, -0.15) is 5.10 Å². The molecule has 2 heterocycles. The Morgan fingerprint density at radius 2 is 2.00 bits per heavy atom. The van der Waals surface area contributed by atoms with Gasteiger partial charge in [0.25, 0.3) is 6.43 Å². The standard InChI is InChI=1S/C15H21F2N5/c1-5-9(3)19-15-20-12(7-13(21-15)14(16)17)11-8-18-22(6-2)10(11)4/h7-9,14H,5-6H2,1-4H3,(H,19,20,21)/t9-/m1/s1. The van der Waals surface area contributed by atoms with Crippen LogP contribution in [0.5, 0.6) is 0 Å². The Morgan fingerprint density at radius 1 is 1.27 bits per heavy atom. The van der Waals surface area contributed by atoms with E-state index in [1.54, 1.807) is 10.9 Å². The van der Waals surface area contributed by atoms with E-state index < -0.39 is 6.43 Å². The topological polar surface area (TPSA) is 55.6 Å². The number of hydrogen-bond acceptors (Lipinski definition) is 4. The number of halogens is 2. The molecule has 5 nitrogen and oxygen atoms in total. The summed E-state index contributed by atoms with van der Waals surface area (Å²) in [6.45, 7) is 8.56. The van der Waals surface area contributed by atoms with Gasteiger partial charge in [-0.1, -0.05) is 6.92 Å². The van der Waals surface area contributed by atoms with Gasteiger partial charge in [-0.15, -0.1) is 0 Å². The Balaban J connectivity index is 2.47. The fraction of sp³-hybridized carbons (Fsp3) is 0.533. The molecule has 0 aliphatic carbocycles. The van der Waals surface area contributed by atoms with Crippen LogP contribution in [-0.4, -0.2) is 25.8 Å². The minimum atomic E-state index is -2.64. The molecule has 0 amide bonds. The van der Waals surface area contributed by atoms with E-state index in [0.717, 1.165) is 24.2 Å². The van der Waals surface area contributed by atoms with Crippen LogP contribution >= 0.6 is 0 Å². The third kappa shape index (κ3) is 3.40. The summed E-state index contributed by atoms with van der Waals surface area (Å²) in [4.78, 5) is 8.28. The summed E-state index contributed by atoms with van der Waals surface area (Å²) in [5.74, 6) is 0.228. The molecular weight excluding hydrogens is 288 g/mol. The molecule has 0 radical (unpaired) electrons.